The second kappa shape index (κ2) is 4.73. The van der Waals surface area contributed by atoms with Crippen molar-refractivity contribution in [3.63, 3.8) is 0 Å². The maximum atomic E-state index is 11.5. The topological polar surface area (TPSA) is 26.3 Å². The van der Waals surface area contributed by atoms with Gasteiger partial charge in [-0.25, -0.2) is 0 Å². The van der Waals surface area contributed by atoms with E-state index in [1.165, 1.54) is 11.1 Å². The van der Waals surface area contributed by atoms with E-state index in [0.717, 1.165) is 43.1 Å². The fourth-order valence-corrected chi connectivity index (χ4v) is 3.69. The molecule has 2 nitrogen and oxygen atoms in total. The molecule has 1 unspecified atom stereocenters. The molecule has 0 spiro atoms. The van der Waals surface area contributed by atoms with E-state index in [9.17, 15) is 4.79 Å². The quantitative estimate of drug-likeness (QED) is 0.822. The van der Waals surface area contributed by atoms with Crippen molar-refractivity contribution in [1.29, 1.82) is 0 Å². The van der Waals surface area contributed by atoms with Crippen LogP contribution < -0.4 is 4.74 Å². The van der Waals surface area contributed by atoms with E-state index in [4.69, 9.17) is 4.74 Å². The molecule has 0 saturated carbocycles. The number of hydrogen-bond donors (Lipinski definition) is 0. The number of aryl methyl sites for hydroxylation is 1. The van der Waals surface area contributed by atoms with E-state index in [1.807, 2.05) is 0 Å². The Bertz CT molecular complexity index is 442. The monoisotopic (exact) mass is 248 g/mol. The van der Waals surface area contributed by atoms with Crippen LogP contribution in [0.1, 0.15) is 17.5 Å². The Morgan fingerprint density at radius 1 is 1.41 bits per heavy atom. The summed E-state index contributed by atoms with van der Waals surface area (Å²) >= 11 is 1.78. The zero-order chi connectivity index (χ0) is 11.7. The number of Topliss-reactive ketones (excluding diaryl/α,β-unsaturated/α-hetero) is 1. The molecular weight excluding hydrogens is 232 g/mol. The van der Waals surface area contributed by atoms with Crippen molar-refractivity contribution in [2.45, 2.75) is 19.3 Å². The number of benzene rings is 1. The highest BCUT2D eigenvalue weighted by Crippen LogP contribution is 2.28. The first-order valence-electron chi connectivity index (χ1n) is 6.18. The second-order valence-electron chi connectivity index (χ2n) is 4.76. The predicted molar refractivity (Wildman–Crippen MR) is 69.8 cm³/mol. The molecule has 1 saturated heterocycles. The van der Waals surface area contributed by atoms with Gasteiger partial charge in [-0.2, -0.15) is 11.8 Å². The lowest BCUT2D eigenvalue weighted by molar-refractivity contribution is -0.119. The third kappa shape index (κ3) is 2.34. The third-order valence-electron chi connectivity index (χ3n) is 3.55. The van der Waals surface area contributed by atoms with Crippen LogP contribution in [0.5, 0.6) is 5.75 Å². The molecule has 0 aromatic heterocycles. The van der Waals surface area contributed by atoms with E-state index in [0.29, 0.717) is 11.7 Å². The van der Waals surface area contributed by atoms with E-state index in [2.05, 4.69) is 18.2 Å². The van der Waals surface area contributed by atoms with Gasteiger partial charge in [0.05, 0.1) is 12.4 Å². The number of thioether (sulfide) groups is 1. The molecule has 1 aromatic carbocycles. The van der Waals surface area contributed by atoms with Crippen LogP contribution in [0.3, 0.4) is 0 Å². The molecule has 0 radical (unpaired) electrons. The van der Waals surface area contributed by atoms with Gasteiger partial charge in [0.1, 0.15) is 11.5 Å². The zero-order valence-electron chi connectivity index (χ0n) is 9.78. The fraction of sp³-hybridized carbons (Fsp3) is 0.500. The zero-order valence-corrected chi connectivity index (χ0v) is 10.6. The van der Waals surface area contributed by atoms with Crippen molar-refractivity contribution in [3.05, 3.63) is 29.3 Å². The minimum Gasteiger partial charge on any atom is -0.493 e. The minimum atomic E-state index is 0.296. The number of fused-ring (bicyclic) bond motifs is 1. The van der Waals surface area contributed by atoms with Gasteiger partial charge in [-0.05, 0) is 30.0 Å². The van der Waals surface area contributed by atoms with Crippen LogP contribution in [0, 0.1) is 5.92 Å². The molecule has 2 aliphatic heterocycles. The Kier molecular flexibility index (Phi) is 3.10. The summed E-state index contributed by atoms with van der Waals surface area (Å²) in [4.78, 5) is 11.5. The molecule has 1 aromatic rings. The highest BCUT2D eigenvalue weighted by atomic mass is 32.2. The summed E-state index contributed by atoms with van der Waals surface area (Å²) in [5.41, 5.74) is 2.67. The highest BCUT2D eigenvalue weighted by Gasteiger charge is 2.24. The van der Waals surface area contributed by atoms with Crippen LogP contribution in [0.15, 0.2) is 18.2 Å². The van der Waals surface area contributed by atoms with Crippen molar-refractivity contribution >= 4 is 17.5 Å². The van der Waals surface area contributed by atoms with Crippen LogP contribution in [0.4, 0.5) is 0 Å². The summed E-state index contributed by atoms with van der Waals surface area (Å²) in [6, 6.07) is 6.45. The number of ether oxygens (including phenoxy) is 1. The largest absolute Gasteiger partial charge is 0.493 e. The fourth-order valence-electron chi connectivity index (χ4n) is 2.49. The van der Waals surface area contributed by atoms with Gasteiger partial charge in [-0.3, -0.25) is 4.79 Å². The van der Waals surface area contributed by atoms with E-state index in [-0.39, 0.29) is 0 Å². The van der Waals surface area contributed by atoms with Crippen LogP contribution in [-0.4, -0.2) is 23.9 Å². The van der Waals surface area contributed by atoms with Crippen LogP contribution in [0.2, 0.25) is 0 Å². The molecule has 17 heavy (non-hydrogen) atoms. The third-order valence-corrected chi connectivity index (χ3v) is 4.68. The number of hydrogen-bond acceptors (Lipinski definition) is 3. The van der Waals surface area contributed by atoms with Crippen LogP contribution >= 0.6 is 11.8 Å². The minimum absolute atomic E-state index is 0.296. The van der Waals surface area contributed by atoms with Crippen molar-refractivity contribution in [2.75, 3.05) is 18.1 Å². The Labute approximate surface area is 106 Å². The van der Waals surface area contributed by atoms with E-state index >= 15 is 0 Å². The summed E-state index contributed by atoms with van der Waals surface area (Å²) in [6.07, 6.45) is 3.05. The maximum absolute atomic E-state index is 11.5. The molecule has 0 N–H and O–H groups in total. The van der Waals surface area contributed by atoms with Crippen molar-refractivity contribution < 1.29 is 9.53 Å². The summed E-state index contributed by atoms with van der Waals surface area (Å²) in [6.45, 7) is 0.816. The molecule has 90 valence electrons. The smallest absolute Gasteiger partial charge is 0.146 e. The molecule has 0 aliphatic carbocycles. The Hall–Kier alpha value is -0.960. The van der Waals surface area contributed by atoms with Gasteiger partial charge >= 0.3 is 0 Å². The van der Waals surface area contributed by atoms with Gasteiger partial charge in [-0.1, -0.05) is 12.1 Å². The molecule has 1 fully saturated rings. The second-order valence-corrected chi connectivity index (χ2v) is 5.79. The summed E-state index contributed by atoms with van der Waals surface area (Å²) in [5, 5.41) is 0. The number of ketones is 1. The Morgan fingerprint density at radius 2 is 2.35 bits per heavy atom. The first-order valence-corrected chi connectivity index (χ1v) is 7.33. The average Bonchev–Trinajstić information content (AvgIpc) is 2.94. The normalized spacial score (nSPS) is 22.6. The Balaban J connectivity index is 1.63. The summed E-state index contributed by atoms with van der Waals surface area (Å²) in [5.74, 6) is 3.53. The lowest BCUT2D eigenvalue weighted by Gasteiger charge is -2.08. The summed E-state index contributed by atoms with van der Waals surface area (Å²) < 4.78 is 5.49. The lowest BCUT2D eigenvalue weighted by Crippen LogP contribution is -2.11. The van der Waals surface area contributed by atoms with Crippen molar-refractivity contribution in [3.8, 4) is 5.75 Å². The van der Waals surface area contributed by atoms with Crippen molar-refractivity contribution in [2.24, 2.45) is 5.92 Å². The van der Waals surface area contributed by atoms with Crippen LogP contribution in [-0.2, 0) is 17.6 Å². The standard InChI is InChI=1S/C14H16O2S/c15-13-9-17-8-12(13)3-1-10-2-4-14-11(7-10)5-6-16-14/h2,4,7,12H,1,3,5-6,8-9H2. The molecule has 1 atom stereocenters. The van der Waals surface area contributed by atoms with Crippen LogP contribution in [0.25, 0.3) is 0 Å². The van der Waals surface area contributed by atoms with E-state index in [1.54, 1.807) is 11.8 Å². The molecule has 3 heteroatoms. The van der Waals surface area contributed by atoms with Gasteiger partial charge in [-0.15, -0.1) is 0 Å². The van der Waals surface area contributed by atoms with Gasteiger partial charge in [0.15, 0.2) is 0 Å². The number of carbonyl (C=O) groups is 1. The van der Waals surface area contributed by atoms with Gasteiger partial charge in [0.2, 0.25) is 0 Å². The number of carbonyl (C=O) groups excluding carboxylic acids is 1. The Morgan fingerprint density at radius 3 is 3.18 bits per heavy atom. The molecule has 3 rings (SSSR count). The first-order chi connectivity index (χ1) is 8.33. The highest BCUT2D eigenvalue weighted by molar-refractivity contribution is 8.00. The average molecular weight is 248 g/mol. The first kappa shape index (κ1) is 11.1. The SMILES string of the molecule is O=C1CSCC1CCc1ccc2c(c1)CCO2. The molecular formula is C14H16O2S. The lowest BCUT2D eigenvalue weighted by atomic mass is 9.97. The molecule has 2 aliphatic rings. The van der Waals surface area contributed by atoms with Gasteiger partial charge in [0, 0.05) is 18.1 Å². The summed E-state index contributed by atoms with van der Waals surface area (Å²) in [7, 11) is 0. The molecule has 2 heterocycles. The predicted octanol–water partition coefficient (Wildman–Crippen LogP) is 2.49. The molecule has 0 bridgehead atoms. The number of rotatable bonds is 3. The van der Waals surface area contributed by atoms with E-state index < -0.39 is 0 Å². The van der Waals surface area contributed by atoms with Gasteiger partial charge in [0.25, 0.3) is 0 Å². The van der Waals surface area contributed by atoms with Gasteiger partial charge < -0.3 is 4.74 Å². The maximum Gasteiger partial charge on any atom is 0.146 e. The van der Waals surface area contributed by atoms with Crippen molar-refractivity contribution in [1.82, 2.24) is 0 Å². The molecule has 0 amide bonds.